The zero-order valence-electron chi connectivity index (χ0n) is 17.6. The Labute approximate surface area is 187 Å². The standard InChI is InChI=1S/C22H29NO6S2/c1-2-3-4-5-20(24)16-6-8-17(9-7-16)23-18(12-13-31(23,27)28)14-29-15-19-10-11-21(30-19)22(25)26/h6-11,18,20,24H,2-5,12-15H2,1H3,(H,25,26)/t18-,20?/m1/s1. The summed E-state index contributed by atoms with van der Waals surface area (Å²) in [6.45, 7) is 2.58. The Bertz CT molecular complexity index is 970. The molecule has 1 aromatic heterocycles. The van der Waals surface area contributed by atoms with Crippen LogP contribution in [0.2, 0.25) is 0 Å². The molecule has 1 aromatic carbocycles. The Morgan fingerprint density at radius 3 is 2.61 bits per heavy atom. The molecule has 2 N–H and O–H groups in total. The highest BCUT2D eigenvalue weighted by Gasteiger charge is 2.37. The fourth-order valence-electron chi connectivity index (χ4n) is 3.71. The zero-order valence-corrected chi connectivity index (χ0v) is 19.2. The third-order valence-electron chi connectivity index (χ3n) is 5.38. The van der Waals surface area contributed by atoms with Gasteiger partial charge in [-0.1, -0.05) is 38.3 Å². The lowest BCUT2D eigenvalue weighted by Gasteiger charge is -2.25. The first-order valence-electron chi connectivity index (χ1n) is 10.5. The zero-order chi connectivity index (χ0) is 22.4. The van der Waals surface area contributed by atoms with Gasteiger partial charge in [0.15, 0.2) is 0 Å². The van der Waals surface area contributed by atoms with Crippen LogP contribution in [0.25, 0.3) is 0 Å². The number of aliphatic hydroxyl groups excluding tert-OH is 1. The molecule has 0 amide bonds. The van der Waals surface area contributed by atoms with Crippen molar-refractivity contribution in [3.8, 4) is 0 Å². The number of benzene rings is 1. The fraction of sp³-hybridized carbons (Fsp3) is 0.500. The summed E-state index contributed by atoms with van der Waals surface area (Å²) in [5, 5.41) is 19.3. The molecular weight excluding hydrogens is 438 g/mol. The molecule has 9 heteroatoms. The largest absolute Gasteiger partial charge is 0.477 e. The smallest absolute Gasteiger partial charge is 0.345 e. The third-order valence-corrected chi connectivity index (χ3v) is 8.29. The average Bonchev–Trinajstić information content (AvgIpc) is 3.33. The second kappa shape index (κ2) is 10.6. The molecule has 1 saturated heterocycles. The predicted molar refractivity (Wildman–Crippen MR) is 121 cm³/mol. The SMILES string of the molecule is CCCCCC(O)c1ccc(N2[C@@H](COCc3ccc(C(=O)O)s3)CCS2(=O)=O)cc1. The molecule has 0 spiro atoms. The summed E-state index contributed by atoms with van der Waals surface area (Å²) in [5.74, 6) is -0.909. The number of carboxylic acids is 1. The normalized spacial score (nSPS) is 18.9. The molecule has 7 nitrogen and oxygen atoms in total. The van der Waals surface area contributed by atoms with Crippen molar-refractivity contribution in [1.82, 2.24) is 0 Å². The van der Waals surface area contributed by atoms with Gasteiger partial charge in [-0.25, -0.2) is 13.2 Å². The van der Waals surface area contributed by atoms with Gasteiger partial charge in [-0.2, -0.15) is 0 Å². The van der Waals surface area contributed by atoms with Crippen molar-refractivity contribution >= 4 is 33.0 Å². The van der Waals surface area contributed by atoms with Crippen molar-refractivity contribution in [2.24, 2.45) is 0 Å². The first-order chi connectivity index (χ1) is 14.8. The minimum Gasteiger partial charge on any atom is -0.477 e. The molecule has 1 fully saturated rings. The number of aromatic carboxylic acids is 1. The molecule has 1 aliphatic rings. The van der Waals surface area contributed by atoms with Crippen LogP contribution in [-0.4, -0.2) is 43.0 Å². The van der Waals surface area contributed by atoms with E-state index in [1.807, 2.05) is 0 Å². The third kappa shape index (κ3) is 6.06. The van der Waals surface area contributed by atoms with E-state index < -0.39 is 22.1 Å². The van der Waals surface area contributed by atoms with Gasteiger partial charge in [0.2, 0.25) is 10.0 Å². The molecular formula is C22H29NO6S2. The van der Waals surface area contributed by atoms with Crippen LogP contribution in [0.3, 0.4) is 0 Å². The van der Waals surface area contributed by atoms with Gasteiger partial charge in [-0.15, -0.1) is 11.3 Å². The van der Waals surface area contributed by atoms with Crippen LogP contribution in [0.1, 0.15) is 65.2 Å². The Kier molecular flexibility index (Phi) is 8.10. The van der Waals surface area contributed by atoms with E-state index in [0.29, 0.717) is 18.5 Å². The van der Waals surface area contributed by atoms with Crippen LogP contribution < -0.4 is 4.31 Å². The molecule has 1 aliphatic heterocycles. The second-order valence-electron chi connectivity index (χ2n) is 7.74. The van der Waals surface area contributed by atoms with Crippen molar-refractivity contribution in [2.75, 3.05) is 16.7 Å². The second-order valence-corrected chi connectivity index (χ2v) is 10.9. The Morgan fingerprint density at radius 1 is 1.23 bits per heavy atom. The monoisotopic (exact) mass is 467 g/mol. The number of thiophene rings is 1. The number of unbranched alkanes of at least 4 members (excludes halogenated alkanes) is 2. The summed E-state index contributed by atoms with van der Waals surface area (Å²) < 4.78 is 32.4. The van der Waals surface area contributed by atoms with E-state index in [1.165, 1.54) is 10.4 Å². The summed E-state index contributed by atoms with van der Waals surface area (Å²) in [5.41, 5.74) is 1.36. The van der Waals surface area contributed by atoms with Crippen LogP contribution in [0.15, 0.2) is 36.4 Å². The Morgan fingerprint density at radius 2 is 1.97 bits per heavy atom. The molecule has 1 unspecified atom stereocenters. The van der Waals surface area contributed by atoms with Crippen molar-refractivity contribution in [3.63, 3.8) is 0 Å². The quantitative estimate of drug-likeness (QED) is 0.480. The van der Waals surface area contributed by atoms with Gasteiger partial charge in [-0.3, -0.25) is 4.31 Å². The van der Waals surface area contributed by atoms with Gasteiger partial charge in [0, 0.05) is 4.88 Å². The number of carboxylic acid groups (broad SMARTS) is 1. The van der Waals surface area contributed by atoms with Gasteiger partial charge >= 0.3 is 5.97 Å². The highest BCUT2D eigenvalue weighted by atomic mass is 32.2. The number of aliphatic hydroxyl groups is 1. The van der Waals surface area contributed by atoms with Crippen LogP contribution >= 0.6 is 11.3 Å². The van der Waals surface area contributed by atoms with Crippen LogP contribution in [-0.2, 0) is 21.4 Å². The molecule has 2 atom stereocenters. The molecule has 170 valence electrons. The summed E-state index contributed by atoms with van der Waals surface area (Å²) in [6, 6.07) is 9.99. The van der Waals surface area contributed by atoms with Crippen molar-refractivity contribution in [3.05, 3.63) is 51.7 Å². The van der Waals surface area contributed by atoms with E-state index in [2.05, 4.69) is 6.92 Å². The molecule has 3 rings (SSSR count). The van der Waals surface area contributed by atoms with Gasteiger partial charge in [-0.05, 0) is 42.7 Å². The molecule has 2 aromatic rings. The summed E-state index contributed by atoms with van der Waals surface area (Å²) >= 11 is 1.15. The van der Waals surface area contributed by atoms with Crippen LogP contribution in [0.4, 0.5) is 5.69 Å². The average molecular weight is 468 g/mol. The Hall–Kier alpha value is -1.94. The van der Waals surface area contributed by atoms with Crippen molar-refractivity contribution in [1.29, 1.82) is 0 Å². The number of hydrogen-bond acceptors (Lipinski definition) is 6. The topological polar surface area (TPSA) is 104 Å². The lowest BCUT2D eigenvalue weighted by Crippen LogP contribution is -2.36. The molecule has 0 radical (unpaired) electrons. The number of rotatable bonds is 11. The molecule has 2 heterocycles. The van der Waals surface area contributed by atoms with E-state index in [0.717, 1.165) is 41.0 Å². The first-order valence-corrected chi connectivity index (χ1v) is 12.9. The van der Waals surface area contributed by atoms with E-state index in [4.69, 9.17) is 9.84 Å². The number of nitrogens with zero attached hydrogens (tertiary/aromatic N) is 1. The number of hydrogen-bond donors (Lipinski definition) is 2. The van der Waals surface area contributed by atoms with Crippen molar-refractivity contribution in [2.45, 2.75) is 57.8 Å². The van der Waals surface area contributed by atoms with Crippen LogP contribution in [0, 0.1) is 0 Å². The number of ether oxygens (including phenoxy) is 1. The summed E-state index contributed by atoms with van der Waals surface area (Å²) in [7, 11) is -3.43. The number of carbonyl (C=O) groups is 1. The highest BCUT2D eigenvalue weighted by Crippen LogP contribution is 2.31. The molecule has 0 saturated carbocycles. The first kappa shape index (κ1) is 23.7. The Balaban J connectivity index is 1.62. The lowest BCUT2D eigenvalue weighted by atomic mass is 10.0. The van der Waals surface area contributed by atoms with Gasteiger partial charge in [0.1, 0.15) is 4.88 Å². The minimum absolute atomic E-state index is 0.0601. The summed E-state index contributed by atoms with van der Waals surface area (Å²) in [4.78, 5) is 12.0. The maximum Gasteiger partial charge on any atom is 0.345 e. The summed E-state index contributed by atoms with van der Waals surface area (Å²) in [6.07, 6.45) is 3.74. The number of sulfonamides is 1. The highest BCUT2D eigenvalue weighted by molar-refractivity contribution is 7.93. The van der Waals surface area contributed by atoms with E-state index in [1.54, 1.807) is 30.3 Å². The lowest BCUT2D eigenvalue weighted by molar-refractivity contribution is 0.0702. The molecule has 31 heavy (non-hydrogen) atoms. The van der Waals surface area contributed by atoms with Gasteiger partial charge in [0.05, 0.1) is 36.8 Å². The molecule has 0 bridgehead atoms. The molecule has 0 aliphatic carbocycles. The van der Waals surface area contributed by atoms with Crippen LogP contribution in [0.5, 0.6) is 0 Å². The fourth-order valence-corrected chi connectivity index (χ4v) is 6.33. The minimum atomic E-state index is -3.43. The maximum atomic E-state index is 12.6. The van der Waals surface area contributed by atoms with E-state index in [-0.39, 0.29) is 29.9 Å². The van der Waals surface area contributed by atoms with E-state index in [9.17, 15) is 18.3 Å². The van der Waals surface area contributed by atoms with E-state index >= 15 is 0 Å². The number of anilines is 1. The predicted octanol–water partition coefficient (Wildman–Crippen LogP) is 4.19. The van der Waals surface area contributed by atoms with Gasteiger partial charge < -0.3 is 14.9 Å². The van der Waals surface area contributed by atoms with Gasteiger partial charge in [0.25, 0.3) is 0 Å². The van der Waals surface area contributed by atoms with Crippen molar-refractivity contribution < 1.29 is 28.2 Å². The maximum absolute atomic E-state index is 12.6.